The van der Waals surface area contributed by atoms with Crippen LogP contribution in [0.5, 0.6) is 0 Å². The van der Waals surface area contributed by atoms with Gasteiger partial charge in [-0.15, -0.1) is 0 Å². The molecular formula is C12H14N2O. The lowest BCUT2D eigenvalue weighted by Gasteiger charge is -1.93. The second kappa shape index (κ2) is 4.75. The molecular weight excluding hydrogens is 188 g/mol. The van der Waals surface area contributed by atoms with Gasteiger partial charge >= 0.3 is 0 Å². The van der Waals surface area contributed by atoms with Crippen LogP contribution in [-0.2, 0) is 0 Å². The number of fused-ring (bicyclic) bond motifs is 1. The van der Waals surface area contributed by atoms with E-state index in [2.05, 4.69) is 22.5 Å². The second-order valence-electron chi connectivity index (χ2n) is 3.37. The molecule has 3 nitrogen and oxygen atoms in total. The summed E-state index contributed by atoms with van der Waals surface area (Å²) in [5.41, 5.74) is 2.90. The number of nitrogens with zero attached hydrogens (tertiary/aromatic N) is 1. The molecule has 1 heterocycles. The van der Waals surface area contributed by atoms with Crippen LogP contribution in [0.3, 0.4) is 0 Å². The lowest BCUT2D eigenvalue weighted by atomic mass is 10.2. The van der Waals surface area contributed by atoms with Crippen LogP contribution >= 0.6 is 0 Å². The third kappa shape index (κ3) is 2.44. The molecule has 78 valence electrons. The van der Waals surface area contributed by atoms with Crippen molar-refractivity contribution < 1.29 is 4.42 Å². The Hall–Kier alpha value is -1.61. The SMILES string of the molecule is CNCCC=Cc1ccc2ocnc2c1. The topological polar surface area (TPSA) is 38.1 Å². The average Bonchev–Trinajstić information content (AvgIpc) is 2.71. The summed E-state index contributed by atoms with van der Waals surface area (Å²) in [4.78, 5) is 4.11. The van der Waals surface area contributed by atoms with E-state index in [0.29, 0.717) is 0 Å². The van der Waals surface area contributed by atoms with Crippen molar-refractivity contribution in [3.05, 3.63) is 36.2 Å². The van der Waals surface area contributed by atoms with E-state index in [-0.39, 0.29) is 0 Å². The zero-order valence-electron chi connectivity index (χ0n) is 8.73. The highest BCUT2D eigenvalue weighted by atomic mass is 16.3. The van der Waals surface area contributed by atoms with Gasteiger partial charge in [0.05, 0.1) is 0 Å². The molecule has 0 aliphatic heterocycles. The van der Waals surface area contributed by atoms with Crippen LogP contribution in [0.4, 0.5) is 0 Å². The number of benzene rings is 1. The van der Waals surface area contributed by atoms with Crippen LogP contribution < -0.4 is 5.32 Å². The normalized spacial score (nSPS) is 11.5. The molecule has 1 aromatic carbocycles. The minimum absolute atomic E-state index is 0.836. The molecule has 3 heteroatoms. The Morgan fingerprint density at radius 1 is 1.47 bits per heavy atom. The van der Waals surface area contributed by atoms with Crippen LogP contribution in [-0.4, -0.2) is 18.6 Å². The van der Waals surface area contributed by atoms with E-state index in [1.54, 1.807) is 0 Å². The highest BCUT2D eigenvalue weighted by Gasteiger charge is 1.96. The highest BCUT2D eigenvalue weighted by molar-refractivity contribution is 5.75. The van der Waals surface area contributed by atoms with Crippen LogP contribution in [0.1, 0.15) is 12.0 Å². The fraction of sp³-hybridized carbons (Fsp3) is 0.250. The predicted octanol–water partition coefficient (Wildman–Crippen LogP) is 2.45. The van der Waals surface area contributed by atoms with Crippen molar-refractivity contribution in [1.82, 2.24) is 10.3 Å². The lowest BCUT2D eigenvalue weighted by Crippen LogP contribution is -2.05. The summed E-state index contributed by atoms with van der Waals surface area (Å²) in [7, 11) is 1.95. The minimum atomic E-state index is 0.836. The molecule has 15 heavy (non-hydrogen) atoms. The third-order valence-corrected chi connectivity index (χ3v) is 2.23. The molecule has 0 aliphatic carbocycles. The molecule has 2 rings (SSSR count). The first-order chi connectivity index (χ1) is 7.40. The van der Waals surface area contributed by atoms with Gasteiger partial charge in [-0.2, -0.15) is 0 Å². The Morgan fingerprint density at radius 2 is 2.40 bits per heavy atom. The maximum atomic E-state index is 5.17. The number of hydrogen-bond donors (Lipinski definition) is 1. The number of nitrogens with one attached hydrogen (secondary N) is 1. The predicted molar refractivity (Wildman–Crippen MR) is 61.6 cm³/mol. The Labute approximate surface area is 88.8 Å². The first-order valence-corrected chi connectivity index (χ1v) is 5.04. The van der Waals surface area contributed by atoms with Gasteiger partial charge in [-0.1, -0.05) is 18.2 Å². The van der Waals surface area contributed by atoms with Crippen LogP contribution in [0, 0.1) is 0 Å². The Balaban J connectivity index is 2.10. The summed E-state index contributed by atoms with van der Waals surface area (Å²) < 4.78 is 5.17. The quantitative estimate of drug-likeness (QED) is 0.774. The standard InChI is InChI=1S/C12H14N2O/c1-13-7-3-2-4-10-5-6-12-11(8-10)14-9-15-12/h2,4-6,8-9,13H,3,7H2,1H3. The Kier molecular flexibility index (Phi) is 3.15. The zero-order valence-corrected chi connectivity index (χ0v) is 8.73. The van der Waals surface area contributed by atoms with Gasteiger partial charge in [0.25, 0.3) is 0 Å². The summed E-state index contributed by atoms with van der Waals surface area (Å²) in [6.07, 6.45) is 6.76. The molecule has 0 atom stereocenters. The van der Waals surface area contributed by atoms with Crippen molar-refractivity contribution in [3.8, 4) is 0 Å². The number of aromatic nitrogens is 1. The smallest absolute Gasteiger partial charge is 0.181 e. The van der Waals surface area contributed by atoms with Gasteiger partial charge in [0, 0.05) is 0 Å². The van der Waals surface area contributed by atoms with E-state index in [0.717, 1.165) is 29.6 Å². The number of oxazole rings is 1. The lowest BCUT2D eigenvalue weighted by molar-refractivity contribution is 0.602. The summed E-state index contributed by atoms with van der Waals surface area (Å²) in [5, 5.41) is 3.10. The first kappa shape index (κ1) is 9.93. The van der Waals surface area contributed by atoms with Gasteiger partial charge in [0.15, 0.2) is 12.0 Å². The fourth-order valence-corrected chi connectivity index (χ4v) is 1.43. The van der Waals surface area contributed by atoms with E-state index >= 15 is 0 Å². The number of rotatable bonds is 4. The highest BCUT2D eigenvalue weighted by Crippen LogP contribution is 2.15. The van der Waals surface area contributed by atoms with Gasteiger partial charge < -0.3 is 9.73 Å². The first-order valence-electron chi connectivity index (χ1n) is 5.04. The summed E-state index contributed by atoms with van der Waals surface area (Å²) in [6.45, 7) is 1.00. The molecule has 0 bridgehead atoms. The van der Waals surface area contributed by atoms with Crippen molar-refractivity contribution >= 4 is 17.2 Å². The van der Waals surface area contributed by atoms with Crippen molar-refractivity contribution in [2.24, 2.45) is 0 Å². The third-order valence-electron chi connectivity index (χ3n) is 2.23. The Bertz CT molecular complexity index is 459. The van der Waals surface area contributed by atoms with E-state index in [9.17, 15) is 0 Å². The molecule has 0 saturated heterocycles. The average molecular weight is 202 g/mol. The maximum Gasteiger partial charge on any atom is 0.181 e. The van der Waals surface area contributed by atoms with E-state index < -0.39 is 0 Å². The fourth-order valence-electron chi connectivity index (χ4n) is 1.43. The van der Waals surface area contributed by atoms with Gasteiger partial charge in [0.2, 0.25) is 0 Å². The van der Waals surface area contributed by atoms with Crippen molar-refractivity contribution in [2.45, 2.75) is 6.42 Å². The molecule has 2 aromatic rings. The molecule has 0 fully saturated rings. The van der Waals surface area contributed by atoms with Crippen LogP contribution in [0.15, 0.2) is 35.1 Å². The van der Waals surface area contributed by atoms with E-state index in [1.807, 2.05) is 25.2 Å². The van der Waals surface area contributed by atoms with E-state index in [4.69, 9.17) is 4.42 Å². The maximum absolute atomic E-state index is 5.17. The minimum Gasteiger partial charge on any atom is -0.443 e. The van der Waals surface area contributed by atoms with E-state index in [1.165, 1.54) is 6.39 Å². The largest absolute Gasteiger partial charge is 0.443 e. The summed E-state index contributed by atoms with van der Waals surface area (Å²) >= 11 is 0. The van der Waals surface area contributed by atoms with Gasteiger partial charge in [-0.05, 0) is 37.7 Å². The van der Waals surface area contributed by atoms with Crippen molar-refractivity contribution in [2.75, 3.05) is 13.6 Å². The van der Waals surface area contributed by atoms with Crippen LogP contribution in [0.25, 0.3) is 17.2 Å². The zero-order chi connectivity index (χ0) is 10.5. The summed E-state index contributed by atoms with van der Waals surface area (Å²) in [6, 6.07) is 6.00. The van der Waals surface area contributed by atoms with Crippen molar-refractivity contribution in [3.63, 3.8) is 0 Å². The molecule has 0 radical (unpaired) electrons. The van der Waals surface area contributed by atoms with Crippen LogP contribution in [0.2, 0.25) is 0 Å². The number of hydrogen-bond acceptors (Lipinski definition) is 3. The van der Waals surface area contributed by atoms with Crippen molar-refractivity contribution in [1.29, 1.82) is 0 Å². The molecule has 1 N–H and O–H groups in total. The Morgan fingerprint density at radius 3 is 3.27 bits per heavy atom. The second-order valence-corrected chi connectivity index (χ2v) is 3.37. The molecule has 0 amide bonds. The molecule has 0 saturated carbocycles. The van der Waals surface area contributed by atoms with Gasteiger partial charge in [-0.3, -0.25) is 0 Å². The summed E-state index contributed by atoms with van der Waals surface area (Å²) in [5.74, 6) is 0. The van der Waals surface area contributed by atoms with Gasteiger partial charge in [0.1, 0.15) is 5.52 Å². The van der Waals surface area contributed by atoms with Gasteiger partial charge in [-0.25, -0.2) is 4.98 Å². The molecule has 0 spiro atoms. The molecule has 1 aromatic heterocycles. The molecule has 0 aliphatic rings. The monoisotopic (exact) mass is 202 g/mol. The molecule has 0 unspecified atom stereocenters.